The quantitative estimate of drug-likeness (QED) is 0.353. The lowest BCUT2D eigenvalue weighted by molar-refractivity contribution is 0.605. The highest BCUT2D eigenvalue weighted by atomic mass is 35.5. The minimum Gasteiger partial charge on any atom is -0.361 e. The number of nitrogens with zero attached hydrogens (tertiary/aromatic N) is 2. The molecule has 8 heteroatoms. The van der Waals surface area contributed by atoms with Gasteiger partial charge in [-0.25, -0.2) is 8.42 Å². The molecule has 1 aliphatic rings. The van der Waals surface area contributed by atoms with Crippen LogP contribution in [0.15, 0.2) is 94.7 Å². The van der Waals surface area contributed by atoms with E-state index < -0.39 is 9.84 Å². The maximum absolute atomic E-state index is 14.1. The first-order chi connectivity index (χ1) is 15.6. The standard InChI is InChI=1S/C26H23N3O2S.2ClH/c1-18-10-12-20(13-11-18)32(30,31)26(23-17-29-24-9-3-2-7-21(23)24)22-8-5-15-28-25(22)19-6-4-14-27-16-19;;/h2-4,6-7,9-14,16-17,29H,5,8,15H2,1H3;2*1H. The fourth-order valence-electron chi connectivity index (χ4n) is 4.21. The van der Waals surface area contributed by atoms with E-state index in [0.717, 1.165) is 34.0 Å². The zero-order chi connectivity index (χ0) is 22.1. The van der Waals surface area contributed by atoms with E-state index in [2.05, 4.69) is 9.97 Å². The van der Waals surface area contributed by atoms with Crippen LogP contribution in [-0.4, -0.2) is 30.6 Å². The summed E-state index contributed by atoms with van der Waals surface area (Å²) < 4.78 is 28.2. The van der Waals surface area contributed by atoms with Crippen molar-refractivity contribution in [1.29, 1.82) is 0 Å². The summed E-state index contributed by atoms with van der Waals surface area (Å²) in [6, 6.07) is 18.6. The van der Waals surface area contributed by atoms with E-state index in [0.29, 0.717) is 29.1 Å². The van der Waals surface area contributed by atoms with Gasteiger partial charge in [-0.1, -0.05) is 35.9 Å². The molecule has 0 saturated carbocycles. The first-order valence-corrected chi connectivity index (χ1v) is 12.1. The van der Waals surface area contributed by atoms with Crippen molar-refractivity contribution in [3.05, 3.63) is 102 Å². The number of nitrogens with one attached hydrogen (secondary N) is 1. The summed E-state index contributed by atoms with van der Waals surface area (Å²) in [5.74, 6) is 0. The van der Waals surface area contributed by atoms with Crippen molar-refractivity contribution in [3.63, 3.8) is 0 Å². The number of fused-ring (bicyclic) bond motifs is 1. The summed E-state index contributed by atoms with van der Waals surface area (Å²) in [5, 5.41) is 0.877. The van der Waals surface area contributed by atoms with Crippen LogP contribution in [-0.2, 0) is 9.84 Å². The van der Waals surface area contributed by atoms with Gasteiger partial charge in [-0.15, -0.1) is 24.8 Å². The van der Waals surface area contributed by atoms with Gasteiger partial charge in [0.15, 0.2) is 0 Å². The summed E-state index contributed by atoms with van der Waals surface area (Å²) in [6.07, 6.45) is 6.69. The molecule has 5 nitrogen and oxygen atoms in total. The number of aromatic amines is 1. The Morgan fingerprint density at radius 3 is 2.47 bits per heavy atom. The molecule has 4 aromatic rings. The van der Waals surface area contributed by atoms with E-state index in [9.17, 15) is 8.42 Å². The Hall–Kier alpha value is -2.93. The number of aryl methyl sites for hydroxylation is 1. The normalized spacial score (nSPS) is 15.1. The molecule has 176 valence electrons. The van der Waals surface area contributed by atoms with Crippen LogP contribution < -0.4 is 0 Å². The number of rotatable bonds is 4. The molecule has 0 spiro atoms. The largest absolute Gasteiger partial charge is 0.361 e. The Labute approximate surface area is 211 Å². The number of benzene rings is 2. The van der Waals surface area contributed by atoms with Gasteiger partial charge in [-0.2, -0.15) is 0 Å². The van der Waals surface area contributed by atoms with Crippen LogP contribution in [0.3, 0.4) is 0 Å². The fraction of sp³-hybridized carbons (Fsp3) is 0.154. The van der Waals surface area contributed by atoms with Gasteiger partial charge in [0.25, 0.3) is 0 Å². The molecule has 1 N–H and O–H groups in total. The third-order valence-corrected chi connectivity index (χ3v) is 7.68. The van der Waals surface area contributed by atoms with E-state index in [-0.39, 0.29) is 29.7 Å². The number of para-hydroxylation sites is 1. The Morgan fingerprint density at radius 2 is 1.74 bits per heavy atom. The molecule has 0 fully saturated rings. The zero-order valence-electron chi connectivity index (χ0n) is 18.6. The predicted molar refractivity (Wildman–Crippen MR) is 143 cm³/mol. The second kappa shape index (κ2) is 10.6. The lowest BCUT2D eigenvalue weighted by Crippen LogP contribution is -2.17. The van der Waals surface area contributed by atoms with Crippen molar-refractivity contribution in [2.75, 3.05) is 6.54 Å². The second-order valence-electron chi connectivity index (χ2n) is 7.95. The summed E-state index contributed by atoms with van der Waals surface area (Å²) in [6.45, 7) is 2.61. The number of hydrogen-bond acceptors (Lipinski definition) is 4. The Morgan fingerprint density at radius 1 is 0.971 bits per heavy atom. The van der Waals surface area contributed by atoms with Gasteiger partial charge < -0.3 is 4.98 Å². The first-order valence-electron chi connectivity index (χ1n) is 10.6. The zero-order valence-corrected chi connectivity index (χ0v) is 21.0. The van der Waals surface area contributed by atoms with Crippen molar-refractivity contribution >= 4 is 56.2 Å². The van der Waals surface area contributed by atoms with Crippen LogP contribution in [0.5, 0.6) is 0 Å². The molecule has 0 unspecified atom stereocenters. The molecule has 0 aliphatic carbocycles. The van der Waals surface area contributed by atoms with Gasteiger partial charge in [-0.3, -0.25) is 9.98 Å². The number of H-pyrrole nitrogens is 1. The molecule has 5 rings (SSSR count). The molecule has 0 saturated heterocycles. The molecule has 0 radical (unpaired) electrons. The number of allylic oxidation sites excluding steroid dienone is 1. The third kappa shape index (κ3) is 4.67. The molecular formula is C26H25Cl2N3O2S. The van der Waals surface area contributed by atoms with Crippen LogP contribution in [0, 0.1) is 6.92 Å². The highest BCUT2D eigenvalue weighted by Crippen LogP contribution is 2.38. The van der Waals surface area contributed by atoms with E-state index in [4.69, 9.17) is 4.99 Å². The number of hydrogen-bond donors (Lipinski definition) is 1. The average Bonchev–Trinajstić information content (AvgIpc) is 3.24. The average molecular weight is 514 g/mol. The van der Waals surface area contributed by atoms with Gasteiger partial charge in [0.05, 0.1) is 15.5 Å². The van der Waals surface area contributed by atoms with Gasteiger partial charge in [0.2, 0.25) is 9.84 Å². The molecule has 2 aromatic carbocycles. The van der Waals surface area contributed by atoms with E-state index >= 15 is 0 Å². The van der Waals surface area contributed by atoms with Gasteiger partial charge >= 0.3 is 0 Å². The SMILES string of the molecule is Cc1ccc(S(=O)(=O)C(=C2CCCN=C2c2cccnc2)c2c[nH]c3ccccc23)cc1.Cl.Cl. The summed E-state index contributed by atoms with van der Waals surface area (Å²) in [5.41, 5.74) is 4.87. The first kappa shape index (κ1) is 25.7. The number of pyridine rings is 1. The summed E-state index contributed by atoms with van der Waals surface area (Å²) in [7, 11) is -3.81. The third-order valence-electron chi connectivity index (χ3n) is 5.78. The highest BCUT2D eigenvalue weighted by molar-refractivity contribution is 8.00. The maximum atomic E-state index is 14.1. The summed E-state index contributed by atoms with van der Waals surface area (Å²) in [4.78, 5) is 12.8. The van der Waals surface area contributed by atoms with Crippen LogP contribution in [0.4, 0.5) is 0 Å². The van der Waals surface area contributed by atoms with Crippen molar-refractivity contribution in [1.82, 2.24) is 9.97 Å². The van der Waals surface area contributed by atoms with Gasteiger partial charge in [0.1, 0.15) is 0 Å². The van der Waals surface area contributed by atoms with Crippen molar-refractivity contribution in [3.8, 4) is 0 Å². The smallest absolute Gasteiger partial charge is 0.207 e. The topological polar surface area (TPSA) is 75.2 Å². The van der Waals surface area contributed by atoms with Gasteiger partial charge in [-0.05, 0) is 55.7 Å². The monoisotopic (exact) mass is 513 g/mol. The van der Waals surface area contributed by atoms with Crippen molar-refractivity contribution in [2.24, 2.45) is 4.99 Å². The van der Waals surface area contributed by atoms with Crippen molar-refractivity contribution < 1.29 is 8.42 Å². The molecule has 1 aliphatic heterocycles. The molecule has 0 amide bonds. The molecule has 34 heavy (non-hydrogen) atoms. The molecule has 2 aromatic heterocycles. The minimum absolute atomic E-state index is 0. The van der Waals surface area contributed by atoms with E-state index in [1.807, 2.05) is 55.5 Å². The van der Waals surface area contributed by atoms with Crippen molar-refractivity contribution in [2.45, 2.75) is 24.7 Å². The predicted octanol–water partition coefficient (Wildman–Crippen LogP) is 6.18. The Balaban J connectivity index is 0.00000162. The number of aliphatic imine (C=N–C) groups is 1. The van der Waals surface area contributed by atoms with Crippen LogP contribution in [0.25, 0.3) is 15.8 Å². The highest BCUT2D eigenvalue weighted by Gasteiger charge is 2.31. The second-order valence-corrected chi connectivity index (χ2v) is 9.83. The van der Waals surface area contributed by atoms with E-state index in [1.54, 1.807) is 30.7 Å². The van der Waals surface area contributed by atoms with Gasteiger partial charge in [0, 0.05) is 47.2 Å². The minimum atomic E-state index is -3.81. The van der Waals surface area contributed by atoms with Crippen LogP contribution in [0.1, 0.15) is 29.5 Å². The van der Waals surface area contributed by atoms with Crippen LogP contribution >= 0.6 is 24.8 Å². The molecule has 3 heterocycles. The number of aromatic nitrogens is 2. The number of sulfone groups is 1. The fourth-order valence-corrected chi connectivity index (χ4v) is 5.93. The molecule has 0 atom stereocenters. The maximum Gasteiger partial charge on any atom is 0.207 e. The van der Waals surface area contributed by atoms with E-state index in [1.165, 1.54) is 0 Å². The Bertz CT molecular complexity index is 1460. The summed E-state index contributed by atoms with van der Waals surface area (Å²) >= 11 is 0. The Kier molecular flexibility index (Phi) is 7.97. The molecular weight excluding hydrogens is 489 g/mol. The molecule has 0 bridgehead atoms. The number of halogens is 2. The lowest BCUT2D eigenvalue weighted by atomic mass is 9.94. The van der Waals surface area contributed by atoms with Crippen LogP contribution in [0.2, 0.25) is 0 Å². The lowest BCUT2D eigenvalue weighted by Gasteiger charge is -2.21.